The third-order valence-corrected chi connectivity index (χ3v) is 2.03. The first kappa shape index (κ1) is 11.8. The van der Waals surface area contributed by atoms with Gasteiger partial charge in [-0.25, -0.2) is 9.78 Å². The van der Waals surface area contributed by atoms with Crippen LogP contribution in [-0.2, 0) is 4.79 Å². The van der Waals surface area contributed by atoms with Crippen molar-refractivity contribution in [1.82, 2.24) is 4.98 Å². The molecule has 0 aliphatic heterocycles. The van der Waals surface area contributed by atoms with Crippen molar-refractivity contribution in [3.63, 3.8) is 0 Å². The molecule has 1 atom stereocenters. The summed E-state index contributed by atoms with van der Waals surface area (Å²) in [6, 6.07) is 3.36. The maximum absolute atomic E-state index is 11.7. The zero-order valence-electron chi connectivity index (χ0n) is 9.50. The molecule has 0 aromatic carbocycles. The van der Waals surface area contributed by atoms with Gasteiger partial charge in [0, 0.05) is 12.3 Å². The van der Waals surface area contributed by atoms with E-state index in [9.17, 15) is 10.0 Å². The van der Waals surface area contributed by atoms with Crippen LogP contribution in [0.15, 0.2) is 18.3 Å². The Morgan fingerprint density at radius 1 is 1.40 bits per heavy atom. The van der Waals surface area contributed by atoms with Gasteiger partial charge in [-0.15, -0.1) is 0 Å². The monoisotopic (exact) mass is 208 g/mol. The van der Waals surface area contributed by atoms with Crippen LogP contribution in [0.2, 0.25) is 0 Å². The lowest BCUT2D eigenvalue weighted by Gasteiger charge is -2.24. The van der Waals surface area contributed by atoms with Gasteiger partial charge >= 0.3 is 5.91 Å². The van der Waals surface area contributed by atoms with Crippen molar-refractivity contribution in [2.45, 2.75) is 27.7 Å². The third kappa shape index (κ3) is 2.84. The highest BCUT2D eigenvalue weighted by atomic mass is 16.5. The average molecular weight is 208 g/mol. The van der Waals surface area contributed by atoms with Crippen molar-refractivity contribution in [2.24, 2.45) is 5.41 Å². The fourth-order valence-electron chi connectivity index (χ4n) is 1.06. The van der Waals surface area contributed by atoms with Crippen LogP contribution < -0.4 is 5.06 Å². The molecule has 1 N–H and O–H groups in total. The molecule has 0 saturated heterocycles. The second-order valence-corrected chi connectivity index (χ2v) is 4.63. The number of aryl methyl sites for hydroxylation is 1. The summed E-state index contributed by atoms with van der Waals surface area (Å²) in [5, 5.41) is 11.2. The number of nitrogens with zero attached hydrogens (tertiary/aromatic N) is 1. The van der Waals surface area contributed by atoms with Crippen LogP contribution in [0.3, 0.4) is 0 Å². The van der Waals surface area contributed by atoms with E-state index in [4.69, 9.17) is 0 Å². The largest absolute Gasteiger partial charge is 0.620 e. The van der Waals surface area contributed by atoms with E-state index in [0.29, 0.717) is 0 Å². The van der Waals surface area contributed by atoms with E-state index in [1.165, 1.54) is 0 Å². The van der Waals surface area contributed by atoms with Crippen LogP contribution in [0.4, 0.5) is 5.82 Å². The quantitative estimate of drug-likeness (QED) is 0.700. The molecule has 1 rings (SSSR count). The zero-order chi connectivity index (χ0) is 11.6. The lowest BCUT2D eigenvalue weighted by molar-refractivity contribution is -0.696. The molecular weight excluding hydrogens is 192 g/mol. The van der Waals surface area contributed by atoms with Gasteiger partial charge in [0.1, 0.15) is 0 Å². The molecule has 0 spiro atoms. The van der Waals surface area contributed by atoms with Crippen molar-refractivity contribution < 1.29 is 9.86 Å². The van der Waals surface area contributed by atoms with Gasteiger partial charge in [-0.1, -0.05) is 6.07 Å². The number of pyridine rings is 1. The summed E-state index contributed by atoms with van der Waals surface area (Å²) in [4.78, 5) is 15.6. The first-order valence-corrected chi connectivity index (χ1v) is 4.84. The summed E-state index contributed by atoms with van der Waals surface area (Å²) in [6.45, 7) is 7.05. The van der Waals surface area contributed by atoms with Crippen LogP contribution in [-0.4, -0.2) is 10.9 Å². The van der Waals surface area contributed by atoms with Crippen LogP contribution in [0.5, 0.6) is 0 Å². The predicted molar refractivity (Wildman–Crippen MR) is 57.4 cm³/mol. The van der Waals surface area contributed by atoms with Gasteiger partial charge in [-0.3, -0.25) is 5.06 Å². The summed E-state index contributed by atoms with van der Waals surface area (Å²) >= 11 is 0. The number of hydroxylamine groups is 1. The lowest BCUT2D eigenvalue weighted by Crippen LogP contribution is -3.07. The number of quaternary nitrogens is 1. The Kier molecular flexibility index (Phi) is 3.21. The zero-order valence-corrected chi connectivity index (χ0v) is 9.50. The smallest absolute Gasteiger partial charge is 0.323 e. The molecule has 0 saturated carbocycles. The SMILES string of the molecule is Cc1ccc([NH+]([O-])C(=O)C(C)(C)C)nc1. The fourth-order valence-corrected chi connectivity index (χ4v) is 1.06. The molecule has 0 radical (unpaired) electrons. The standard InChI is InChI=1S/C11H16N2O2/c1-8-5-6-9(12-7-8)13(15)10(14)11(2,3)4/h5-7,13H,1-4H3. The van der Waals surface area contributed by atoms with Crippen LogP contribution in [0.25, 0.3) is 0 Å². The highest BCUT2D eigenvalue weighted by Crippen LogP contribution is 2.11. The maximum atomic E-state index is 11.7. The molecule has 0 aliphatic rings. The van der Waals surface area contributed by atoms with Gasteiger partial charge in [0.15, 0.2) is 0 Å². The minimum absolute atomic E-state index is 0.223. The van der Waals surface area contributed by atoms with E-state index in [1.807, 2.05) is 6.92 Å². The molecule has 0 aliphatic carbocycles. The number of aromatic nitrogens is 1. The molecule has 1 unspecified atom stereocenters. The van der Waals surface area contributed by atoms with E-state index in [0.717, 1.165) is 5.56 Å². The molecule has 1 aromatic rings. The summed E-state index contributed by atoms with van der Waals surface area (Å²) < 4.78 is 0. The highest BCUT2D eigenvalue weighted by molar-refractivity contribution is 5.74. The fraction of sp³-hybridized carbons (Fsp3) is 0.455. The Morgan fingerprint density at radius 3 is 2.40 bits per heavy atom. The summed E-state index contributed by atoms with van der Waals surface area (Å²) in [5.41, 5.74) is 0.318. The van der Waals surface area contributed by atoms with Gasteiger partial charge in [-0.2, -0.15) is 0 Å². The second kappa shape index (κ2) is 4.08. The first-order valence-electron chi connectivity index (χ1n) is 4.84. The highest BCUT2D eigenvalue weighted by Gasteiger charge is 2.29. The van der Waals surface area contributed by atoms with Gasteiger partial charge in [0.25, 0.3) is 0 Å². The van der Waals surface area contributed by atoms with E-state index in [2.05, 4.69) is 4.98 Å². The molecule has 82 valence electrons. The lowest BCUT2D eigenvalue weighted by atomic mass is 9.95. The number of carbonyl (C=O) groups excluding carboxylic acids is 1. The van der Waals surface area contributed by atoms with Crippen molar-refractivity contribution >= 4 is 11.7 Å². The van der Waals surface area contributed by atoms with Crippen LogP contribution in [0.1, 0.15) is 26.3 Å². The Hall–Kier alpha value is -1.26. The minimum Gasteiger partial charge on any atom is -0.620 e. The molecular formula is C11H16N2O2. The average Bonchev–Trinajstić information content (AvgIpc) is 2.15. The summed E-state index contributed by atoms with van der Waals surface area (Å²) in [6.07, 6.45) is 1.59. The maximum Gasteiger partial charge on any atom is 0.323 e. The van der Waals surface area contributed by atoms with Crippen LogP contribution >= 0.6 is 0 Å². The number of hydrogen-bond acceptors (Lipinski definition) is 3. The van der Waals surface area contributed by atoms with Gasteiger partial charge in [0.2, 0.25) is 5.82 Å². The van der Waals surface area contributed by atoms with Crippen molar-refractivity contribution in [3.8, 4) is 0 Å². The number of hydrogen-bond donors (Lipinski definition) is 1. The number of nitrogens with one attached hydrogen (secondary N) is 1. The molecule has 4 nitrogen and oxygen atoms in total. The Balaban J connectivity index is 2.90. The molecule has 1 heterocycles. The molecule has 0 fully saturated rings. The second-order valence-electron chi connectivity index (χ2n) is 4.63. The van der Waals surface area contributed by atoms with Crippen molar-refractivity contribution in [1.29, 1.82) is 0 Å². The van der Waals surface area contributed by atoms with E-state index in [1.54, 1.807) is 39.1 Å². The molecule has 15 heavy (non-hydrogen) atoms. The van der Waals surface area contributed by atoms with Gasteiger partial charge < -0.3 is 5.21 Å². The van der Waals surface area contributed by atoms with Crippen LogP contribution in [0, 0.1) is 17.5 Å². The predicted octanol–water partition coefficient (Wildman–Crippen LogP) is 0.977. The number of rotatable bonds is 1. The van der Waals surface area contributed by atoms with E-state index in [-0.39, 0.29) is 5.82 Å². The topological polar surface area (TPSA) is 57.5 Å². The Morgan fingerprint density at radius 2 is 2.00 bits per heavy atom. The minimum atomic E-state index is -0.649. The summed E-state index contributed by atoms with van der Waals surface area (Å²) in [7, 11) is 0. The Bertz CT molecular complexity index is 352. The molecule has 4 heteroatoms. The van der Waals surface area contributed by atoms with E-state index >= 15 is 0 Å². The first-order chi connectivity index (χ1) is 6.82. The molecule has 0 bridgehead atoms. The molecule has 1 amide bonds. The van der Waals surface area contributed by atoms with Crippen molar-refractivity contribution in [3.05, 3.63) is 29.1 Å². The van der Waals surface area contributed by atoms with Gasteiger partial charge in [-0.05, 0) is 33.3 Å². The Labute approximate surface area is 89.5 Å². The van der Waals surface area contributed by atoms with Crippen molar-refractivity contribution in [2.75, 3.05) is 0 Å². The number of amides is 1. The van der Waals surface area contributed by atoms with E-state index < -0.39 is 16.4 Å². The van der Waals surface area contributed by atoms with Gasteiger partial charge in [0.05, 0.1) is 5.41 Å². The normalized spacial score (nSPS) is 13.7. The number of carbonyl (C=O) groups is 1. The third-order valence-electron chi connectivity index (χ3n) is 2.03. The summed E-state index contributed by atoms with van der Waals surface area (Å²) in [5.74, 6) is -0.181. The molecule has 1 aromatic heterocycles.